The molecule has 5 nitrogen and oxygen atoms in total. The number of hydrogen-bond acceptors (Lipinski definition) is 5. The van der Waals surface area contributed by atoms with Crippen LogP contribution < -0.4 is 10.9 Å². The van der Waals surface area contributed by atoms with E-state index in [1.807, 2.05) is 36.4 Å². The number of nitrogens with one attached hydrogen (secondary N) is 1. The van der Waals surface area contributed by atoms with Crippen LogP contribution in [0.5, 0.6) is 0 Å². The van der Waals surface area contributed by atoms with Crippen LogP contribution in [0.1, 0.15) is 0 Å². The van der Waals surface area contributed by atoms with Gasteiger partial charge in [-0.2, -0.15) is 0 Å². The van der Waals surface area contributed by atoms with Crippen LogP contribution in [0.3, 0.4) is 0 Å². The van der Waals surface area contributed by atoms with E-state index in [0.717, 1.165) is 10.4 Å². The quantitative estimate of drug-likeness (QED) is 0.348. The summed E-state index contributed by atoms with van der Waals surface area (Å²) in [5.74, 6) is -0.0358. The summed E-state index contributed by atoms with van der Waals surface area (Å²) in [5, 5.41) is 3.92. The first-order chi connectivity index (χ1) is 14.0. The maximum absolute atomic E-state index is 12.8. The van der Waals surface area contributed by atoms with Gasteiger partial charge in [0.1, 0.15) is 4.70 Å². The topological polar surface area (TPSA) is 64.0 Å². The lowest BCUT2D eigenvalue weighted by Gasteiger charge is -2.08. The average molecular weight is 442 g/mol. The fraction of sp³-hybridized carbons (Fsp3) is 0.0952. The van der Waals surface area contributed by atoms with E-state index in [0.29, 0.717) is 26.1 Å². The maximum Gasteiger partial charge on any atom is 0.271 e. The standard InChI is InChI=1S/C21H16ClN3O2S2/c1-25-20(27)19-16(11-17(29-19)13-5-3-2-4-6-13)24-21(25)28-12-18(26)23-15-9-7-14(22)8-10-15/h2-11H,12H2,1H3,(H,23,26). The van der Waals surface area contributed by atoms with E-state index >= 15 is 0 Å². The maximum atomic E-state index is 12.8. The molecular formula is C21H16ClN3O2S2. The number of hydrogen-bond donors (Lipinski definition) is 1. The van der Waals surface area contributed by atoms with E-state index in [9.17, 15) is 9.59 Å². The average Bonchev–Trinajstić information content (AvgIpc) is 3.16. The molecule has 0 saturated heterocycles. The number of amides is 1. The monoisotopic (exact) mass is 441 g/mol. The van der Waals surface area contributed by atoms with Crippen LogP contribution in [-0.4, -0.2) is 21.2 Å². The lowest BCUT2D eigenvalue weighted by atomic mass is 10.2. The van der Waals surface area contributed by atoms with Gasteiger partial charge >= 0.3 is 0 Å². The molecule has 0 unspecified atom stereocenters. The van der Waals surface area contributed by atoms with Gasteiger partial charge < -0.3 is 5.32 Å². The second kappa shape index (κ2) is 8.41. The Morgan fingerprint density at radius 3 is 2.62 bits per heavy atom. The molecule has 0 atom stereocenters. The van der Waals surface area contributed by atoms with Gasteiger partial charge in [0.15, 0.2) is 5.16 Å². The Labute approximate surface area is 180 Å². The number of anilines is 1. The summed E-state index contributed by atoms with van der Waals surface area (Å²) in [5.41, 5.74) is 2.26. The Morgan fingerprint density at radius 2 is 1.90 bits per heavy atom. The minimum absolute atomic E-state index is 0.109. The number of carbonyl (C=O) groups excluding carboxylic acids is 1. The Morgan fingerprint density at radius 1 is 1.17 bits per heavy atom. The van der Waals surface area contributed by atoms with E-state index < -0.39 is 0 Å². The van der Waals surface area contributed by atoms with Crippen LogP contribution in [0.15, 0.2) is 70.6 Å². The third-order valence-corrected chi connectivity index (χ3v) is 6.68. The molecule has 1 N–H and O–H groups in total. The molecule has 8 heteroatoms. The van der Waals surface area contributed by atoms with E-state index in [1.54, 1.807) is 31.3 Å². The molecule has 146 valence electrons. The van der Waals surface area contributed by atoms with Gasteiger partial charge in [-0.25, -0.2) is 4.98 Å². The number of rotatable bonds is 5. The largest absolute Gasteiger partial charge is 0.325 e. The molecule has 4 aromatic rings. The zero-order chi connectivity index (χ0) is 20.4. The highest BCUT2D eigenvalue weighted by atomic mass is 35.5. The fourth-order valence-electron chi connectivity index (χ4n) is 2.77. The normalized spacial score (nSPS) is 11.0. The van der Waals surface area contributed by atoms with Gasteiger partial charge in [0.05, 0.1) is 11.3 Å². The van der Waals surface area contributed by atoms with Crippen molar-refractivity contribution in [1.29, 1.82) is 0 Å². The molecule has 2 heterocycles. The van der Waals surface area contributed by atoms with Crippen molar-refractivity contribution in [1.82, 2.24) is 9.55 Å². The van der Waals surface area contributed by atoms with Gasteiger partial charge in [-0.1, -0.05) is 53.7 Å². The molecule has 0 aliphatic carbocycles. The second-order valence-corrected chi connectivity index (χ2v) is 8.72. The van der Waals surface area contributed by atoms with E-state index in [4.69, 9.17) is 11.6 Å². The van der Waals surface area contributed by atoms with Crippen LogP contribution in [0, 0.1) is 0 Å². The van der Waals surface area contributed by atoms with Crippen molar-refractivity contribution in [3.8, 4) is 10.4 Å². The predicted octanol–water partition coefficient (Wildman–Crippen LogP) is 5.05. The summed E-state index contributed by atoms with van der Waals surface area (Å²) in [4.78, 5) is 30.6. The van der Waals surface area contributed by atoms with Crippen LogP contribution in [0.2, 0.25) is 5.02 Å². The molecule has 1 amide bonds. The van der Waals surface area contributed by atoms with E-state index in [1.165, 1.54) is 27.7 Å². The summed E-state index contributed by atoms with van der Waals surface area (Å²) in [6.45, 7) is 0. The molecule has 4 rings (SSSR count). The molecule has 2 aromatic heterocycles. The van der Waals surface area contributed by atoms with Crippen molar-refractivity contribution >= 4 is 56.5 Å². The smallest absolute Gasteiger partial charge is 0.271 e. The molecule has 0 aliphatic rings. The summed E-state index contributed by atoms with van der Waals surface area (Å²) in [6, 6.07) is 18.7. The van der Waals surface area contributed by atoms with Crippen molar-refractivity contribution in [2.75, 3.05) is 11.1 Å². The number of benzene rings is 2. The zero-order valence-electron chi connectivity index (χ0n) is 15.4. The first kappa shape index (κ1) is 19.7. The van der Waals surface area contributed by atoms with Crippen molar-refractivity contribution in [3.63, 3.8) is 0 Å². The lowest BCUT2D eigenvalue weighted by molar-refractivity contribution is -0.113. The van der Waals surface area contributed by atoms with E-state index in [2.05, 4.69) is 10.3 Å². The van der Waals surface area contributed by atoms with Crippen molar-refractivity contribution in [2.24, 2.45) is 7.05 Å². The second-order valence-electron chi connectivity index (χ2n) is 6.29. The van der Waals surface area contributed by atoms with Crippen molar-refractivity contribution in [2.45, 2.75) is 5.16 Å². The fourth-order valence-corrected chi connectivity index (χ4v) is 4.74. The minimum atomic E-state index is -0.179. The molecule has 0 aliphatic heterocycles. The highest BCUT2D eigenvalue weighted by Gasteiger charge is 2.14. The highest BCUT2D eigenvalue weighted by Crippen LogP contribution is 2.31. The lowest BCUT2D eigenvalue weighted by Crippen LogP contribution is -2.20. The Bertz CT molecular complexity index is 1230. The predicted molar refractivity (Wildman–Crippen MR) is 121 cm³/mol. The number of fused-ring (bicyclic) bond motifs is 1. The summed E-state index contributed by atoms with van der Waals surface area (Å²) in [7, 11) is 1.68. The first-order valence-corrected chi connectivity index (χ1v) is 10.9. The number of thiophene rings is 1. The van der Waals surface area contributed by atoms with Gasteiger partial charge in [-0.05, 0) is 35.9 Å². The summed E-state index contributed by atoms with van der Waals surface area (Å²) >= 11 is 8.52. The molecule has 0 fully saturated rings. The van der Waals surface area contributed by atoms with Gasteiger partial charge in [-0.3, -0.25) is 14.2 Å². The number of halogens is 1. The van der Waals surface area contributed by atoms with Gasteiger partial charge in [0.2, 0.25) is 5.91 Å². The molecule has 0 spiro atoms. The van der Waals surface area contributed by atoms with Crippen LogP contribution in [-0.2, 0) is 11.8 Å². The van der Waals surface area contributed by atoms with Crippen LogP contribution >= 0.6 is 34.7 Å². The van der Waals surface area contributed by atoms with Gasteiger partial charge in [-0.15, -0.1) is 11.3 Å². The molecule has 0 bridgehead atoms. The summed E-state index contributed by atoms with van der Waals surface area (Å²) < 4.78 is 2.11. The van der Waals surface area contributed by atoms with Gasteiger partial charge in [0, 0.05) is 22.6 Å². The molecule has 2 aromatic carbocycles. The van der Waals surface area contributed by atoms with Crippen molar-refractivity contribution in [3.05, 3.63) is 76.0 Å². The van der Waals surface area contributed by atoms with Crippen LogP contribution in [0.25, 0.3) is 20.7 Å². The zero-order valence-corrected chi connectivity index (χ0v) is 17.8. The third kappa shape index (κ3) is 4.37. The van der Waals surface area contributed by atoms with E-state index in [-0.39, 0.29) is 17.2 Å². The van der Waals surface area contributed by atoms with Crippen LogP contribution in [0.4, 0.5) is 5.69 Å². The number of aromatic nitrogens is 2. The third-order valence-electron chi connectivity index (χ3n) is 4.23. The molecule has 0 saturated carbocycles. The highest BCUT2D eigenvalue weighted by molar-refractivity contribution is 7.99. The summed E-state index contributed by atoms with van der Waals surface area (Å²) in [6.07, 6.45) is 0. The van der Waals surface area contributed by atoms with Gasteiger partial charge in [0.25, 0.3) is 5.56 Å². The Kier molecular flexibility index (Phi) is 5.71. The Hall–Kier alpha value is -2.61. The first-order valence-electron chi connectivity index (χ1n) is 8.75. The molecule has 29 heavy (non-hydrogen) atoms. The number of carbonyl (C=O) groups is 1. The number of nitrogens with zero attached hydrogens (tertiary/aromatic N) is 2. The number of thioether (sulfide) groups is 1. The molecular weight excluding hydrogens is 426 g/mol. The Balaban J connectivity index is 1.54. The minimum Gasteiger partial charge on any atom is -0.325 e. The molecule has 0 radical (unpaired) electrons. The van der Waals surface area contributed by atoms with Crippen molar-refractivity contribution < 1.29 is 4.79 Å². The SMILES string of the molecule is Cn1c(SCC(=O)Nc2ccc(Cl)cc2)nc2cc(-c3ccccc3)sc2c1=O.